The highest BCUT2D eigenvalue weighted by molar-refractivity contribution is 7.98. The van der Waals surface area contributed by atoms with Gasteiger partial charge in [-0.3, -0.25) is 15.0 Å². The number of para-hydroxylation sites is 1. The maximum absolute atomic E-state index is 12.7. The topological polar surface area (TPSA) is 112 Å². The van der Waals surface area contributed by atoms with E-state index in [2.05, 4.69) is 35.7 Å². The highest BCUT2D eigenvalue weighted by Gasteiger charge is 2.14. The number of rotatable bonds is 5. The number of nitrogens with zero attached hydrogens (tertiary/aromatic N) is 4. The first kappa shape index (κ1) is 17.4. The number of benzene rings is 2. The summed E-state index contributed by atoms with van der Waals surface area (Å²) < 4.78 is 0. The average Bonchev–Trinajstić information content (AvgIpc) is 3.40. The van der Waals surface area contributed by atoms with Crippen molar-refractivity contribution in [2.45, 2.75) is 10.8 Å². The number of aromatic nitrogens is 6. The van der Waals surface area contributed by atoms with Gasteiger partial charge >= 0.3 is 0 Å². The second kappa shape index (κ2) is 7.36. The fraction of sp³-hybridized carbons (Fsp3) is 0.0500. The average molecular weight is 401 g/mol. The van der Waals surface area contributed by atoms with Crippen molar-refractivity contribution >= 4 is 45.3 Å². The van der Waals surface area contributed by atoms with Crippen LogP contribution in [-0.4, -0.2) is 36.3 Å². The van der Waals surface area contributed by atoms with E-state index in [0.717, 1.165) is 38.2 Å². The maximum Gasteiger partial charge on any atom is 0.276 e. The first-order chi connectivity index (χ1) is 14.3. The van der Waals surface area contributed by atoms with Crippen molar-refractivity contribution < 1.29 is 4.79 Å². The molecule has 0 saturated carbocycles. The van der Waals surface area contributed by atoms with Gasteiger partial charge in [-0.2, -0.15) is 10.2 Å². The molecule has 1 amide bonds. The number of nitrogens with one attached hydrogen (secondary N) is 3. The maximum atomic E-state index is 12.7. The van der Waals surface area contributed by atoms with E-state index in [0.29, 0.717) is 11.4 Å². The number of amides is 1. The molecule has 0 aliphatic rings. The molecular formula is C20H15N7OS. The first-order valence-electron chi connectivity index (χ1n) is 8.88. The molecule has 0 bridgehead atoms. The smallest absolute Gasteiger partial charge is 0.276 e. The zero-order chi connectivity index (χ0) is 19.6. The Hall–Kier alpha value is -3.72. The molecule has 142 valence electrons. The van der Waals surface area contributed by atoms with E-state index in [1.165, 1.54) is 6.33 Å². The Morgan fingerprint density at radius 3 is 2.93 bits per heavy atom. The van der Waals surface area contributed by atoms with Crippen molar-refractivity contribution in [2.24, 2.45) is 0 Å². The van der Waals surface area contributed by atoms with E-state index >= 15 is 0 Å². The molecule has 8 nitrogen and oxygen atoms in total. The molecule has 29 heavy (non-hydrogen) atoms. The predicted molar refractivity (Wildman–Crippen MR) is 112 cm³/mol. The lowest BCUT2D eigenvalue weighted by molar-refractivity contribution is 0.102. The third-order valence-electron chi connectivity index (χ3n) is 4.46. The van der Waals surface area contributed by atoms with Crippen LogP contribution in [0.3, 0.4) is 0 Å². The minimum Gasteiger partial charge on any atom is -0.321 e. The second-order valence-corrected chi connectivity index (χ2v) is 7.34. The molecule has 5 aromatic rings. The van der Waals surface area contributed by atoms with E-state index in [4.69, 9.17) is 0 Å². The van der Waals surface area contributed by atoms with Crippen LogP contribution < -0.4 is 5.32 Å². The van der Waals surface area contributed by atoms with E-state index in [-0.39, 0.29) is 5.91 Å². The van der Waals surface area contributed by atoms with Crippen LogP contribution >= 0.6 is 11.8 Å². The van der Waals surface area contributed by atoms with Crippen LogP contribution in [0, 0.1) is 0 Å². The number of fused-ring (bicyclic) bond motifs is 2. The Morgan fingerprint density at radius 2 is 1.97 bits per heavy atom. The highest BCUT2D eigenvalue weighted by Crippen LogP contribution is 2.27. The molecule has 3 N–H and O–H groups in total. The van der Waals surface area contributed by atoms with Gasteiger partial charge in [-0.05, 0) is 23.8 Å². The van der Waals surface area contributed by atoms with Crippen LogP contribution in [0.2, 0.25) is 0 Å². The normalized spacial score (nSPS) is 11.2. The number of hydrogen-bond donors (Lipinski definition) is 3. The van der Waals surface area contributed by atoms with Gasteiger partial charge < -0.3 is 5.32 Å². The molecule has 0 atom stereocenters. The summed E-state index contributed by atoms with van der Waals surface area (Å²) in [5, 5.41) is 19.4. The van der Waals surface area contributed by atoms with Gasteiger partial charge in [-0.1, -0.05) is 30.3 Å². The summed E-state index contributed by atoms with van der Waals surface area (Å²) in [5.74, 6) is 0.454. The van der Waals surface area contributed by atoms with E-state index in [1.807, 2.05) is 48.5 Å². The molecule has 2 aromatic carbocycles. The fourth-order valence-electron chi connectivity index (χ4n) is 3.08. The molecule has 5 rings (SSSR count). The number of anilines is 1. The lowest BCUT2D eigenvalue weighted by Gasteiger charge is -2.07. The fourth-order valence-corrected chi connectivity index (χ4v) is 3.98. The van der Waals surface area contributed by atoms with Gasteiger partial charge in [0.25, 0.3) is 5.91 Å². The lowest BCUT2D eigenvalue weighted by atomic mass is 10.2. The Balaban J connectivity index is 1.32. The van der Waals surface area contributed by atoms with Crippen molar-refractivity contribution in [3.8, 4) is 0 Å². The quantitative estimate of drug-likeness (QED) is 0.305. The summed E-state index contributed by atoms with van der Waals surface area (Å²) >= 11 is 1.59. The summed E-state index contributed by atoms with van der Waals surface area (Å²) in [5.41, 5.74) is 3.71. The van der Waals surface area contributed by atoms with Gasteiger partial charge in [0.1, 0.15) is 11.4 Å². The zero-order valence-corrected chi connectivity index (χ0v) is 15.9. The Bertz CT molecular complexity index is 1330. The summed E-state index contributed by atoms with van der Waals surface area (Å²) in [4.78, 5) is 21.2. The number of aromatic amines is 2. The molecule has 0 fully saturated rings. The van der Waals surface area contributed by atoms with Crippen molar-refractivity contribution in [3.63, 3.8) is 0 Å². The van der Waals surface area contributed by atoms with Crippen LogP contribution in [0.15, 0.2) is 66.1 Å². The third-order valence-corrected chi connectivity index (χ3v) is 5.53. The molecular weight excluding hydrogens is 386 g/mol. The van der Waals surface area contributed by atoms with E-state index in [1.54, 1.807) is 18.0 Å². The standard InChI is InChI=1S/C20H15N7OS/c28-19(17-14-6-1-2-7-16(14)25-26-17)24-13-5-3-4-12(8-13)10-29-20-15-9-23-27-18(15)21-11-22-20/h1-9,11H,10H2,(H,24,28)(H,25,26)(H,21,22,23,27). The third kappa shape index (κ3) is 3.43. The summed E-state index contributed by atoms with van der Waals surface area (Å²) in [7, 11) is 0. The summed E-state index contributed by atoms with van der Waals surface area (Å²) in [6, 6.07) is 15.3. The SMILES string of the molecule is O=C(Nc1cccc(CSc2ncnc3[nH]ncc23)c1)c1n[nH]c2ccccc12. The Kier molecular flexibility index (Phi) is 4.41. The lowest BCUT2D eigenvalue weighted by Crippen LogP contribution is -2.12. The number of thioether (sulfide) groups is 1. The number of hydrogen-bond acceptors (Lipinski definition) is 6. The molecule has 0 spiro atoms. The largest absolute Gasteiger partial charge is 0.321 e. The molecule has 3 aromatic heterocycles. The second-order valence-electron chi connectivity index (χ2n) is 6.37. The zero-order valence-electron chi connectivity index (χ0n) is 15.1. The van der Waals surface area contributed by atoms with E-state index in [9.17, 15) is 4.79 Å². The number of H-pyrrole nitrogens is 2. The van der Waals surface area contributed by atoms with Gasteiger partial charge in [-0.15, -0.1) is 11.8 Å². The Morgan fingerprint density at radius 1 is 1.03 bits per heavy atom. The van der Waals surface area contributed by atoms with Gasteiger partial charge in [-0.25, -0.2) is 9.97 Å². The molecule has 9 heteroatoms. The van der Waals surface area contributed by atoms with Crippen molar-refractivity contribution in [1.29, 1.82) is 0 Å². The molecule has 0 saturated heterocycles. The van der Waals surface area contributed by atoms with Gasteiger partial charge in [0.05, 0.1) is 17.1 Å². The molecule has 0 radical (unpaired) electrons. The van der Waals surface area contributed by atoms with Crippen LogP contribution in [0.4, 0.5) is 5.69 Å². The number of carbonyl (C=O) groups excluding carboxylic acids is 1. The Labute approximate surface area is 169 Å². The first-order valence-corrected chi connectivity index (χ1v) is 9.87. The van der Waals surface area contributed by atoms with Gasteiger partial charge in [0.2, 0.25) is 0 Å². The highest BCUT2D eigenvalue weighted by atomic mass is 32.2. The van der Waals surface area contributed by atoms with Crippen molar-refractivity contribution in [2.75, 3.05) is 5.32 Å². The van der Waals surface area contributed by atoms with Crippen LogP contribution in [0.1, 0.15) is 16.1 Å². The molecule has 0 unspecified atom stereocenters. The summed E-state index contributed by atoms with van der Waals surface area (Å²) in [6.45, 7) is 0. The minimum absolute atomic E-state index is 0.247. The van der Waals surface area contributed by atoms with Gasteiger partial charge in [0.15, 0.2) is 11.3 Å². The molecule has 3 heterocycles. The van der Waals surface area contributed by atoms with E-state index < -0.39 is 0 Å². The van der Waals surface area contributed by atoms with Crippen LogP contribution in [0.5, 0.6) is 0 Å². The van der Waals surface area contributed by atoms with Crippen LogP contribution in [0.25, 0.3) is 21.9 Å². The molecule has 0 aliphatic carbocycles. The minimum atomic E-state index is -0.247. The summed E-state index contributed by atoms with van der Waals surface area (Å²) in [6.07, 6.45) is 3.25. The molecule has 0 aliphatic heterocycles. The van der Waals surface area contributed by atoms with Crippen LogP contribution in [-0.2, 0) is 5.75 Å². The monoisotopic (exact) mass is 401 g/mol. The van der Waals surface area contributed by atoms with Crippen molar-refractivity contribution in [3.05, 3.63) is 72.3 Å². The number of carbonyl (C=O) groups is 1. The van der Waals surface area contributed by atoms with Crippen molar-refractivity contribution in [1.82, 2.24) is 30.4 Å². The van der Waals surface area contributed by atoms with Gasteiger partial charge in [0, 0.05) is 16.8 Å². The predicted octanol–water partition coefficient (Wildman–Crippen LogP) is 3.77.